The van der Waals surface area contributed by atoms with Crippen LogP contribution in [-0.4, -0.2) is 28.4 Å². The second-order valence-corrected chi connectivity index (χ2v) is 6.13. The number of urea groups is 1. The van der Waals surface area contributed by atoms with Gasteiger partial charge in [-0.3, -0.25) is 0 Å². The third-order valence-corrected chi connectivity index (χ3v) is 4.03. The number of anilines is 1. The molecule has 0 radical (unpaired) electrons. The minimum absolute atomic E-state index is 0.295. The van der Waals surface area contributed by atoms with Gasteiger partial charge in [0.05, 0.1) is 12.3 Å². The first-order valence-electron chi connectivity index (χ1n) is 9.23. The molecule has 0 fully saturated rings. The van der Waals surface area contributed by atoms with Crippen LogP contribution in [0, 0.1) is 0 Å². The largest absolute Gasteiger partial charge is 0.463 e. The lowest BCUT2D eigenvalue weighted by atomic mass is 10.2. The van der Waals surface area contributed by atoms with Crippen LogP contribution in [0.15, 0.2) is 73.1 Å². The van der Waals surface area contributed by atoms with Crippen LogP contribution in [0.5, 0.6) is 0 Å². The lowest BCUT2D eigenvalue weighted by molar-refractivity contribution is -0.137. The van der Waals surface area contributed by atoms with Crippen LogP contribution in [0.3, 0.4) is 0 Å². The normalized spacial score (nSPS) is 10.7. The topological polar surface area (TPSA) is 85.2 Å². The molecule has 3 aromatic rings. The van der Waals surface area contributed by atoms with E-state index < -0.39 is 0 Å². The third-order valence-electron chi connectivity index (χ3n) is 4.03. The van der Waals surface area contributed by atoms with Crippen molar-refractivity contribution in [2.75, 3.05) is 11.9 Å². The van der Waals surface area contributed by atoms with Gasteiger partial charge in [-0.05, 0) is 54.5 Å². The van der Waals surface area contributed by atoms with Gasteiger partial charge in [-0.2, -0.15) is 5.10 Å². The van der Waals surface area contributed by atoms with Gasteiger partial charge in [-0.25, -0.2) is 14.3 Å². The molecule has 1 heterocycles. The van der Waals surface area contributed by atoms with Gasteiger partial charge in [0.1, 0.15) is 0 Å². The Morgan fingerprint density at radius 3 is 2.52 bits per heavy atom. The van der Waals surface area contributed by atoms with Crippen molar-refractivity contribution in [2.24, 2.45) is 0 Å². The molecule has 2 aromatic carbocycles. The molecule has 0 aliphatic heterocycles. The lowest BCUT2D eigenvalue weighted by Gasteiger charge is -2.09. The van der Waals surface area contributed by atoms with E-state index in [0.29, 0.717) is 18.8 Å². The van der Waals surface area contributed by atoms with Gasteiger partial charge in [-0.1, -0.05) is 24.3 Å². The summed E-state index contributed by atoms with van der Waals surface area (Å²) < 4.78 is 6.61. The van der Waals surface area contributed by atoms with Gasteiger partial charge < -0.3 is 15.4 Å². The second-order valence-electron chi connectivity index (χ2n) is 6.13. The zero-order valence-electron chi connectivity index (χ0n) is 16.0. The fourth-order valence-corrected chi connectivity index (χ4v) is 2.58. The van der Waals surface area contributed by atoms with Gasteiger partial charge in [0.2, 0.25) is 0 Å². The zero-order chi connectivity index (χ0) is 20.5. The van der Waals surface area contributed by atoms with Crippen LogP contribution in [0.1, 0.15) is 18.1 Å². The number of carbonyl (C=O) groups excluding carboxylic acids is 2. The Hall–Kier alpha value is -3.87. The van der Waals surface area contributed by atoms with E-state index in [0.717, 1.165) is 16.8 Å². The fraction of sp³-hybridized carbons (Fsp3) is 0.136. The minimum Gasteiger partial charge on any atom is -0.463 e. The van der Waals surface area contributed by atoms with E-state index in [2.05, 4.69) is 15.7 Å². The van der Waals surface area contributed by atoms with E-state index in [1.54, 1.807) is 48.1 Å². The van der Waals surface area contributed by atoms with Crippen LogP contribution in [0.4, 0.5) is 10.5 Å². The van der Waals surface area contributed by atoms with E-state index in [4.69, 9.17) is 4.74 Å². The first-order valence-corrected chi connectivity index (χ1v) is 9.23. The van der Waals surface area contributed by atoms with Crippen molar-refractivity contribution in [3.05, 3.63) is 84.2 Å². The van der Waals surface area contributed by atoms with E-state index in [9.17, 15) is 9.59 Å². The number of nitrogens with zero attached hydrogens (tertiary/aromatic N) is 2. The average Bonchev–Trinajstić information content (AvgIpc) is 3.27. The fourth-order valence-electron chi connectivity index (χ4n) is 2.58. The average molecular weight is 390 g/mol. The summed E-state index contributed by atoms with van der Waals surface area (Å²) in [5.41, 5.74) is 3.43. The first kappa shape index (κ1) is 19.9. The maximum Gasteiger partial charge on any atom is 0.330 e. The number of esters is 1. The molecule has 1 aromatic heterocycles. The molecule has 2 N–H and O–H groups in total. The molecule has 29 heavy (non-hydrogen) atoms. The third kappa shape index (κ3) is 6.07. The maximum absolute atomic E-state index is 12.1. The molecule has 0 atom stereocenters. The smallest absolute Gasteiger partial charge is 0.330 e. The van der Waals surface area contributed by atoms with Gasteiger partial charge in [0.25, 0.3) is 0 Å². The SMILES string of the molecule is CCOC(=O)/C=C/c1ccc(NC(=O)NCc2ccc(-n3cccn3)cc2)cc1. The van der Waals surface area contributed by atoms with E-state index in [-0.39, 0.29) is 12.0 Å². The number of benzene rings is 2. The lowest BCUT2D eigenvalue weighted by Crippen LogP contribution is -2.28. The van der Waals surface area contributed by atoms with Crippen LogP contribution >= 0.6 is 0 Å². The Bertz CT molecular complexity index is 962. The summed E-state index contributed by atoms with van der Waals surface area (Å²) in [6.07, 6.45) is 6.63. The summed E-state index contributed by atoms with van der Waals surface area (Å²) in [4.78, 5) is 23.4. The van der Waals surface area contributed by atoms with Gasteiger partial charge in [0, 0.05) is 30.7 Å². The highest BCUT2D eigenvalue weighted by Crippen LogP contribution is 2.11. The van der Waals surface area contributed by atoms with Crippen molar-refractivity contribution in [2.45, 2.75) is 13.5 Å². The predicted molar refractivity (Wildman–Crippen MR) is 112 cm³/mol. The predicted octanol–water partition coefficient (Wildman–Crippen LogP) is 3.77. The molecular formula is C22H22N4O3. The Balaban J connectivity index is 1.47. The molecule has 0 aliphatic carbocycles. The summed E-state index contributed by atoms with van der Waals surface area (Å²) in [5.74, 6) is -0.383. The number of ether oxygens (including phenoxy) is 1. The van der Waals surface area contributed by atoms with Crippen LogP contribution < -0.4 is 10.6 Å². The van der Waals surface area contributed by atoms with Crippen molar-refractivity contribution in [3.63, 3.8) is 0 Å². The molecule has 7 heteroatoms. The molecule has 0 saturated heterocycles. The van der Waals surface area contributed by atoms with Gasteiger partial charge in [-0.15, -0.1) is 0 Å². The molecule has 7 nitrogen and oxygen atoms in total. The number of hydrogen-bond acceptors (Lipinski definition) is 4. The van der Waals surface area contributed by atoms with E-state index >= 15 is 0 Å². The van der Waals surface area contributed by atoms with E-state index in [1.165, 1.54) is 6.08 Å². The molecule has 0 unspecified atom stereocenters. The Labute approximate surface area is 169 Å². The summed E-state index contributed by atoms with van der Waals surface area (Å²) in [6, 6.07) is 16.5. The number of carbonyl (C=O) groups is 2. The van der Waals surface area contributed by atoms with Gasteiger partial charge >= 0.3 is 12.0 Å². The first-order chi connectivity index (χ1) is 14.1. The maximum atomic E-state index is 12.1. The van der Waals surface area contributed by atoms with Crippen LogP contribution in [-0.2, 0) is 16.1 Å². The molecule has 0 bridgehead atoms. The number of rotatable bonds is 7. The highest BCUT2D eigenvalue weighted by molar-refractivity contribution is 5.90. The summed E-state index contributed by atoms with van der Waals surface area (Å²) in [6.45, 7) is 2.51. The molecule has 3 rings (SSSR count). The summed E-state index contributed by atoms with van der Waals surface area (Å²) in [5, 5.41) is 9.78. The number of amides is 2. The molecule has 0 aliphatic rings. The summed E-state index contributed by atoms with van der Waals surface area (Å²) in [7, 11) is 0. The van der Waals surface area contributed by atoms with E-state index in [1.807, 2.05) is 36.5 Å². The quantitative estimate of drug-likeness (QED) is 0.475. The zero-order valence-corrected chi connectivity index (χ0v) is 16.0. The number of hydrogen-bond donors (Lipinski definition) is 2. The second kappa shape index (κ2) is 9.89. The standard InChI is InChI=1S/C22H22N4O3/c1-2-29-21(27)13-8-17-4-9-19(10-5-17)25-22(28)23-16-18-6-11-20(12-7-18)26-15-3-14-24-26/h3-15H,2,16H2,1H3,(H2,23,25,28)/b13-8+. The Morgan fingerprint density at radius 1 is 1.10 bits per heavy atom. The minimum atomic E-state index is -0.383. The highest BCUT2D eigenvalue weighted by Gasteiger charge is 2.03. The molecule has 148 valence electrons. The van der Waals surface area contributed by atoms with Crippen molar-refractivity contribution >= 4 is 23.8 Å². The number of aromatic nitrogens is 2. The van der Waals surface area contributed by atoms with Crippen molar-refractivity contribution in [1.29, 1.82) is 0 Å². The van der Waals surface area contributed by atoms with Crippen molar-refractivity contribution in [3.8, 4) is 5.69 Å². The van der Waals surface area contributed by atoms with Crippen molar-refractivity contribution < 1.29 is 14.3 Å². The molecule has 0 saturated carbocycles. The van der Waals surface area contributed by atoms with Crippen LogP contribution in [0.25, 0.3) is 11.8 Å². The molecule has 2 amide bonds. The number of nitrogens with one attached hydrogen (secondary N) is 2. The summed E-state index contributed by atoms with van der Waals surface area (Å²) >= 11 is 0. The molecular weight excluding hydrogens is 368 g/mol. The van der Waals surface area contributed by atoms with Crippen molar-refractivity contribution in [1.82, 2.24) is 15.1 Å². The monoisotopic (exact) mass is 390 g/mol. The Kier molecular flexibility index (Phi) is 6.78. The highest BCUT2D eigenvalue weighted by atomic mass is 16.5. The van der Waals surface area contributed by atoms with Gasteiger partial charge in [0.15, 0.2) is 0 Å². The van der Waals surface area contributed by atoms with Crippen LogP contribution in [0.2, 0.25) is 0 Å². The Morgan fingerprint density at radius 2 is 1.86 bits per heavy atom. The molecule has 0 spiro atoms.